The zero-order valence-electron chi connectivity index (χ0n) is 6.57. The molecule has 2 heterocycles. The molecule has 0 fully saturated rings. The Morgan fingerprint density at radius 1 is 1.33 bits per heavy atom. The van der Waals surface area contributed by atoms with Crippen LogP contribution < -0.4 is 0 Å². The highest BCUT2D eigenvalue weighted by molar-refractivity contribution is 5.12. The first-order valence-corrected chi connectivity index (χ1v) is 3.82. The van der Waals surface area contributed by atoms with E-state index in [1.807, 2.05) is 18.3 Å². The molecule has 0 aliphatic rings. The molecule has 0 saturated carbocycles. The molecule has 0 spiro atoms. The van der Waals surface area contributed by atoms with E-state index in [1.165, 1.54) is 0 Å². The Bertz CT molecular complexity index is 326. The van der Waals surface area contributed by atoms with Gasteiger partial charge in [0.15, 0.2) is 0 Å². The molecule has 0 aromatic carbocycles. The maximum Gasteiger partial charge on any atom is 0.0645 e. The highest BCUT2D eigenvalue weighted by Crippen LogP contribution is 2.01. The first kappa shape index (κ1) is 7.03. The second kappa shape index (κ2) is 3.17. The van der Waals surface area contributed by atoms with Crippen molar-refractivity contribution in [2.75, 3.05) is 0 Å². The van der Waals surface area contributed by atoms with E-state index in [0.29, 0.717) is 0 Å². The van der Waals surface area contributed by atoms with Crippen molar-refractivity contribution >= 4 is 0 Å². The number of aromatic nitrogens is 3. The molecule has 3 nitrogen and oxygen atoms in total. The largest absolute Gasteiger partial charge is 0.365 e. The molecule has 2 aromatic heterocycles. The third kappa shape index (κ3) is 1.50. The minimum atomic E-state index is 0.820. The van der Waals surface area contributed by atoms with Crippen LogP contribution in [0.1, 0.15) is 11.4 Å². The topological polar surface area (TPSA) is 41.6 Å². The number of hydrogen-bond donors (Lipinski definition) is 1. The Morgan fingerprint density at radius 3 is 3.00 bits per heavy atom. The van der Waals surface area contributed by atoms with Crippen molar-refractivity contribution in [3.05, 3.63) is 48.3 Å². The summed E-state index contributed by atoms with van der Waals surface area (Å²) < 4.78 is 0. The predicted molar refractivity (Wildman–Crippen MR) is 45.6 cm³/mol. The molecule has 0 aliphatic carbocycles. The Hall–Kier alpha value is -1.64. The molecular formula is C9H9N3. The van der Waals surface area contributed by atoms with Gasteiger partial charge < -0.3 is 4.98 Å². The number of aromatic amines is 1. The molecule has 0 amide bonds. The highest BCUT2D eigenvalue weighted by Gasteiger charge is 1.95. The molecular weight excluding hydrogens is 150 g/mol. The van der Waals surface area contributed by atoms with E-state index in [2.05, 4.69) is 15.0 Å². The molecule has 2 rings (SSSR count). The van der Waals surface area contributed by atoms with Gasteiger partial charge in [0.05, 0.1) is 5.69 Å². The molecule has 0 saturated heterocycles. The van der Waals surface area contributed by atoms with Crippen LogP contribution in [0.5, 0.6) is 0 Å². The minimum Gasteiger partial charge on any atom is -0.365 e. The van der Waals surface area contributed by atoms with Gasteiger partial charge in [-0.1, -0.05) is 0 Å². The lowest BCUT2D eigenvalue weighted by atomic mass is 10.2. The summed E-state index contributed by atoms with van der Waals surface area (Å²) in [4.78, 5) is 11.3. The second-order valence-electron chi connectivity index (χ2n) is 2.57. The van der Waals surface area contributed by atoms with E-state index >= 15 is 0 Å². The van der Waals surface area contributed by atoms with Crippen molar-refractivity contribution in [2.45, 2.75) is 6.42 Å². The van der Waals surface area contributed by atoms with Crippen LogP contribution in [-0.4, -0.2) is 15.0 Å². The molecule has 1 N–H and O–H groups in total. The fraction of sp³-hybridized carbons (Fsp3) is 0.111. The monoisotopic (exact) mass is 159 g/mol. The fourth-order valence-corrected chi connectivity index (χ4v) is 1.09. The van der Waals surface area contributed by atoms with Crippen molar-refractivity contribution in [2.24, 2.45) is 0 Å². The van der Waals surface area contributed by atoms with Crippen molar-refractivity contribution < 1.29 is 0 Å². The quantitative estimate of drug-likeness (QED) is 0.719. The lowest BCUT2D eigenvalue weighted by molar-refractivity contribution is 1.000. The maximum absolute atomic E-state index is 4.17. The smallest absolute Gasteiger partial charge is 0.0645 e. The van der Waals surface area contributed by atoms with Gasteiger partial charge in [-0.25, -0.2) is 0 Å². The van der Waals surface area contributed by atoms with Gasteiger partial charge in [-0.05, 0) is 12.1 Å². The highest BCUT2D eigenvalue weighted by atomic mass is 14.8. The summed E-state index contributed by atoms with van der Waals surface area (Å²) >= 11 is 0. The van der Waals surface area contributed by atoms with E-state index < -0.39 is 0 Å². The van der Waals surface area contributed by atoms with E-state index in [9.17, 15) is 0 Å². The zero-order chi connectivity index (χ0) is 8.23. The van der Waals surface area contributed by atoms with Gasteiger partial charge in [0.1, 0.15) is 0 Å². The van der Waals surface area contributed by atoms with Gasteiger partial charge in [0, 0.05) is 36.9 Å². The lowest BCUT2D eigenvalue weighted by Crippen LogP contribution is -1.91. The average molecular weight is 159 g/mol. The SMILES string of the molecule is c1c[nH]c(Cc2cnccn2)c1. The molecule has 12 heavy (non-hydrogen) atoms. The summed E-state index contributed by atoms with van der Waals surface area (Å²) in [6, 6.07) is 4.01. The molecule has 0 atom stereocenters. The first-order valence-electron chi connectivity index (χ1n) is 3.82. The van der Waals surface area contributed by atoms with Crippen molar-refractivity contribution in [1.82, 2.24) is 15.0 Å². The second-order valence-corrected chi connectivity index (χ2v) is 2.57. The van der Waals surface area contributed by atoms with Crippen LogP contribution in [0.2, 0.25) is 0 Å². The van der Waals surface area contributed by atoms with Crippen molar-refractivity contribution in [3.63, 3.8) is 0 Å². The summed E-state index contributed by atoms with van der Waals surface area (Å²) in [5, 5.41) is 0. The number of nitrogens with one attached hydrogen (secondary N) is 1. The van der Waals surface area contributed by atoms with Crippen LogP contribution in [0.15, 0.2) is 36.9 Å². The van der Waals surface area contributed by atoms with Crippen molar-refractivity contribution in [3.8, 4) is 0 Å². The van der Waals surface area contributed by atoms with E-state index in [4.69, 9.17) is 0 Å². The Morgan fingerprint density at radius 2 is 2.33 bits per heavy atom. The van der Waals surface area contributed by atoms with E-state index in [-0.39, 0.29) is 0 Å². The first-order chi connectivity index (χ1) is 5.95. The minimum absolute atomic E-state index is 0.820. The molecule has 60 valence electrons. The van der Waals surface area contributed by atoms with Gasteiger partial charge in [-0.3, -0.25) is 9.97 Å². The molecule has 0 unspecified atom stereocenters. The molecule has 3 heteroatoms. The van der Waals surface area contributed by atoms with Gasteiger partial charge in [-0.2, -0.15) is 0 Å². The third-order valence-electron chi connectivity index (χ3n) is 1.65. The van der Waals surface area contributed by atoms with Crippen LogP contribution in [-0.2, 0) is 6.42 Å². The standard InChI is InChI=1S/C9H9N3/c1-2-8(11-3-1)6-9-7-10-4-5-12-9/h1-5,7,11H,6H2. The molecule has 0 radical (unpaired) electrons. The van der Waals surface area contributed by atoms with Crippen LogP contribution >= 0.6 is 0 Å². The number of nitrogens with zero attached hydrogens (tertiary/aromatic N) is 2. The lowest BCUT2D eigenvalue weighted by Gasteiger charge is -1.95. The molecule has 2 aromatic rings. The van der Waals surface area contributed by atoms with Gasteiger partial charge in [-0.15, -0.1) is 0 Å². The van der Waals surface area contributed by atoms with Crippen molar-refractivity contribution in [1.29, 1.82) is 0 Å². The van der Waals surface area contributed by atoms with E-state index in [0.717, 1.165) is 17.8 Å². The zero-order valence-corrected chi connectivity index (χ0v) is 6.57. The predicted octanol–water partition coefficient (Wildman–Crippen LogP) is 1.40. The Kier molecular flexibility index (Phi) is 1.86. The third-order valence-corrected chi connectivity index (χ3v) is 1.65. The summed E-state index contributed by atoms with van der Waals surface area (Å²) in [6.07, 6.45) is 7.89. The number of hydrogen-bond acceptors (Lipinski definition) is 2. The summed E-state index contributed by atoms with van der Waals surface area (Å²) in [7, 11) is 0. The van der Waals surface area contributed by atoms with Crippen LogP contribution in [0.25, 0.3) is 0 Å². The fourth-order valence-electron chi connectivity index (χ4n) is 1.09. The van der Waals surface area contributed by atoms with E-state index in [1.54, 1.807) is 18.6 Å². The number of rotatable bonds is 2. The Labute approximate surface area is 70.5 Å². The normalized spacial score (nSPS) is 10.0. The average Bonchev–Trinajstić information content (AvgIpc) is 2.59. The molecule has 0 bridgehead atoms. The Balaban J connectivity index is 2.15. The van der Waals surface area contributed by atoms with Crippen LogP contribution in [0, 0.1) is 0 Å². The van der Waals surface area contributed by atoms with Gasteiger partial charge in [0.25, 0.3) is 0 Å². The van der Waals surface area contributed by atoms with Gasteiger partial charge in [0.2, 0.25) is 0 Å². The summed E-state index contributed by atoms with van der Waals surface area (Å²) in [5.41, 5.74) is 2.15. The van der Waals surface area contributed by atoms with Crippen LogP contribution in [0.4, 0.5) is 0 Å². The summed E-state index contributed by atoms with van der Waals surface area (Å²) in [5.74, 6) is 0. The van der Waals surface area contributed by atoms with Gasteiger partial charge >= 0.3 is 0 Å². The molecule has 0 aliphatic heterocycles. The number of H-pyrrole nitrogens is 1. The van der Waals surface area contributed by atoms with Crippen LogP contribution in [0.3, 0.4) is 0 Å². The maximum atomic E-state index is 4.17. The summed E-state index contributed by atoms with van der Waals surface area (Å²) in [6.45, 7) is 0.